The van der Waals surface area contributed by atoms with Gasteiger partial charge in [-0.25, -0.2) is 4.39 Å². The number of piperidine rings is 1. The van der Waals surface area contributed by atoms with Crippen molar-refractivity contribution in [2.75, 3.05) is 19.6 Å². The Balaban J connectivity index is 1.45. The summed E-state index contributed by atoms with van der Waals surface area (Å²) in [6.07, 6.45) is 6.06. The number of benzene rings is 1. The van der Waals surface area contributed by atoms with Crippen LogP contribution in [0.5, 0.6) is 0 Å². The van der Waals surface area contributed by atoms with Gasteiger partial charge in [-0.1, -0.05) is 25.0 Å². The molecule has 0 radical (unpaired) electrons. The molecular formula is C19H25FN2O2. The van der Waals surface area contributed by atoms with Crippen LogP contribution in [0.4, 0.5) is 4.39 Å². The van der Waals surface area contributed by atoms with Gasteiger partial charge in [0.05, 0.1) is 5.56 Å². The Bertz CT molecular complexity index is 591. The fourth-order valence-electron chi connectivity index (χ4n) is 3.72. The third-order valence-corrected chi connectivity index (χ3v) is 5.30. The molecule has 0 bridgehead atoms. The number of hydrogen-bond acceptors (Lipinski definition) is 2. The van der Waals surface area contributed by atoms with E-state index in [4.69, 9.17) is 0 Å². The van der Waals surface area contributed by atoms with E-state index in [1.807, 2.05) is 0 Å². The molecule has 3 rings (SSSR count). The molecule has 24 heavy (non-hydrogen) atoms. The second kappa shape index (κ2) is 7.77. The first-order valence-corrected chi connectivity index (χ1v) is 8.96. The molecule has 1 aliphatic heterocycles. The van der Waals surface area contributed by atoms with Gasteiger partial charge in [0, 0.05) is 25.6 Å². The molecule has 5 heteroatoms. The fourth-order valence-corrected chi connectivity index (χ4v) is 3.72. The van der Waals surface area contributed by atoms with Crippen molar-refractivity contribution < 1.29 is 14.0 Å². The lowest BCUT2D eigenvalue weighted by Crippen LogP contribution is -2.42. The number of hydrogen-bond donors (Lipinski definition) is 1. The SMILES string of the molecule is O=C(NCC1CCN(C(=O)c2ccccc2F)CC1)C1CCCC1. The van der Waals surface area contributed by atoms with Crippen LogP contribution >= 0.6 is 0 Å². The maximum absolute atomic E-state index is 13.7. The zero-order valence-corrected chi connectivity index (χ0v) is 14.0. The van der Waals surface area contributed by atoms with E-state index in [0.717, 1.165) is 38.5 Å². The minimum absolute atomic E-state index is 0.144. The molecule has 1 heterocycles. The molecule has 1 aliphatic carbocycles. The third kappa shape index (κ3) is 3.94. The largest absolute Gasteiger partial charge is 0.356 e. The standard InChI is InChI=1S/C19H25FN2O2/c20-17-8-4-3-7-16(17)19(24)22-11-9-14(10-12-22)13-21-18(23)15-5-1-2-6-15/h3-4,7-8,14-15H,1-2,5-6,9-13H2,(H,21,23). The van der Waals surface area contributed by atoms with E-state index in [0.29, 0.717) is 25.6 Å². The summed E-state index contributed by atoms with van der Waals surface area (Å²) in [7, 11) is 0. The van der Waals surface area contributed by atoms with E-state index < -0.39 is 5.82 Å². The van der Waals surface area contributed by atoms with Crippen LogP contribution in [0.2, 0.25) is 0 Å². The molecule has 2 amide bonds. The lowest BCUT2D eigenvalue weighted by atomic mass is 9.95. The van der Waals surface area contributed by atoms with Crippen LogP contribution < -0.4 is 5.32 Å². The summed E-state index contributed by atoms with van der Waals surface area (Å²) < 4.78 is 13.7. The Labute approximate surface area is 142 Å². The van der Waals surface area contributed by atoms with Gasteiger partial charge in [0.1, 0.15) is 5.82 Å². The molecule has 130 valence electrons. The number of amides is 2. The molecule has 1 N–H and O–H groups in total. The van der Waals surface area contributed by atoms with E-state index in [1.165, 1.54) is 12.1 Å². The number of carbonyl (C=O) groups is 2. The molecule has 0 aromatic heterocycles. The van der Waals surface area contributed by atoms with E-state index in [9.17, 15) is 14.0 Å². The topological polar surface area (TPSA) is 49.4 Å². The number of nitrogens with zero attached hydrogens (tertiary/aromatic N) is 1. The average molecular weight is 332 g/mol. The van der Waals surface area contributed by atoms with Gasteiger partial charge in [-0.2, -0.15) is 0 Å². The number of rotatable bonds is 4. The van der Waals surface area contributed by atoms with Crippen molar-refractivity contribution in [1.82, 2.24) is 10.2 Å². The van der Waals surface area contributed by atoms with Crippen molar-refractivity contribution in [2.24, 2.45) is 11.8 Å². The molecule has 1 saturated carbocycles. The summed E-state index contributed by atoms with van der Waals surface area (Å²) in [5.74, 6) is 0.0973. The van der Waals surface area contributed by atoms with Crippen molar-refractivity contribution in [3.8, 4) is 0 Å². The van der Waals surface area contributed by atoms with E-state index >= 15 is 0 Å². The summed E-state index contributed by atoms with van der Waals surface area (Å²) in [4.78, 5) is 26.2. The van der Waals surface area contributed by atoms with Crippen molar-refractivity contribution >= 4 is 11.8 Å². The quantitative estimate of drug-likeness (QED) is 0.921. The highest BCUT2D eigenvalue weighted by Crippen LogP contribution is 2.25. The van der Waals surface area contributed by atoms with Crippen LogP contribution in [0.3, 0.4) is 0 Å². The third-order valence-electron chi connectivity index (χ3n) is 5.30. The molecule has 1 aromatic carbocycles. The van der Waals surface area contributed by atoms with Gasteiger partial charge >= 0.3 is 0 Å². The van der Waals surface area contributed by atoms with E-state index in [1.54, 1.807) is 17.0 Å². The van der Waals surface area contributed by atoms with E-state index in [2.05, 4.69) is 5.32 Å². The predicted octanol–water partition coefficient (Wildman–Crippen LogP) is 2.98. The van der Waals surface area contributed by atoms with Gasteiger partial charge in [-0.05, 0) is 43.7 Å². The second-order valence-electron chi connectivity index (χ2n) is 6.94. The fraction of sp³-hybridized carbons (Fsp3) is 0.579. The van der Waals surface area contributed by atoms with Crippen LogP contribution in [0.15, 0.2) is 24.3 Å². The summed E-state index contributed by atoms with van der Waals surface area (Å²) in [6, 6.07) is 6.12. The van der Waals surface area contributed by atoms with Crippen molar-refractivity contribution in [3.63, 3.8) is 0 Å². The highest BCUT2D eigenvalue weighted by molar-refractivity contribution is 5.94. The molecule has 2 aliphatic rings. The smallest absolute Gasteiger partial charge is 0.256 e. The van der Waals surface area contributed by atoms with Crippen LogP contribution in [0.1, 0.15) is 48.9 Å². The number of likely N-dealkylation sites (tertiary alicyclic amines) is 1. The maximum Gasteiger partial charge on any atom is 0.256 e. The van der Waals surface area contributed by atoms with Gasteiger partial charge in [-0.15, -0.1) is 0 Å². The molecular weight excluding hydrogens is 307 g/mol. The zero-order chi connectivity index (χ0) is 16.9. The summed E-state index contributed by atoms with van der Waals surface area (Å²) in [5.41, 5.74) is 0.144. The van der Waals surface area contributed by atoms with Gasteiger partial charge < -0.3 is 10.2 Å². The zero-order valence-electron chi connectivity index (χ0n) is 14.0. The molecule has 1 aromatic rings. The maximum atomic E-state index is 13.7. The minimum atomic E-state index is -0.464. The van der Waals surface area contributed by atoms with Crippen LogP contribution in [0.25, 0.3) is 0 Å². The molecule has 1 saturated heterocycles. The summed E-state index contributed by atoms with van der Waals surface area (Å²) in [5, 5.41) is 3.08. The highest BCUT2D eigenvalue weighted by atomic mass is 19.1. The highest BCUT2D eigenvalue weighted by Gasteiger charge is 2.27. The van der Waals surface area contributed by atoms with Crippen LogP contribution in [0, 0.1) is 17.7 Å². The Morgan fingerprint density at radius 1 is 1.08 bits per heavy atom. The average Bonchev–Trinajstić information content (AvgIpc) is 3.15. The molecule has 2 fully saturated rings. The Morgan fingerprint density at radius 2 is 1.75 bits per heavy atom. The monoisotopic (exact) mass is 332 g/mol. The molecule has 4 nitrogen and oxygen atoms in total. The normalized spacial score (nSPS) is 19.5. The number of carbonyl (C=O) groups excluding carboxylic acids is 2. The lowest BCUT2D eigenvalue weighted by Gasteiger charge is -2.32. The Morgan fingerprint density at radius 3 is 2.42 bits per heavy atom. The van der Waals surface area contributed by atoms with E-state index in [-0.39, 0.29) is 23.3 Å². The van der Waals surface area contributed by atoms with Crippen LogP contribution in [-0.4, -0.2) is 36.3 Å². The van der Waals surface area contributed by atoms with Gasteiger partial charge in [-0.3, -0.25) is 9.59 Å². The number of halogens is 1. The van der Waals surface area contributed by atoms with Gasteiger partial charge in [0.25, 0.3) is 5.91 Å². The minimum Gasteiger partial charge on any atom is -0.356 e. The first-order valence-electron chi connectivity index (χ1n) is 8.96. The van der Waals surface area contributed by atoms with Crippen LogP contribution in [-0.2, 0) is 4.79 Å². The molecule has 0 unspecified atom stereocenters. The first-order chi connectivity index (χ1) is 11.6. The number of nitrogens with one attached hydrogen (secondary N) is 1. The predicted molar refractivity (Wildman–Crippen MR) is 90.0 cm³/mol. The van der Waals surface area contributed by atoms with Crippen molar-refractivity contribution in [3.05, 3.63) is 35.6 Å². The van der Waals surface area contributed by atoms with Gasteiger partial charge in [0.15, 0.2) is 0 Å². The Kier molecular flexibility index (Phi) is 5.48. The summed E-state index contributed by atoms with van der Waals surface area (Å²) >= 11 is 0. The second-order valence-corrected chi connectivity index (χ2v) is 6.94. The first kappa shape index (κ1) is 16.9. The van der Waals surface area contributed by atoms with Crippen molar-refractivity contribution in [1.29, 1.82) is 0 Å². The Hall–Kier alpha value is -1.91. The molecule has 0 atom stereocenters. The summed E-state index contributed by atoms with van der Waals surface area (Å²) in [6.45, 7) is 1.94. The molecule has 0 spiro atoms. The van der Waals surface area contributed by atoms with Crippen molar-refractivity contribution in [2.45, 2.75) is 38.5 Å². The lowest BCUT2D eigenvalue weighted by molar-refractivity contribution is -0.125. The van der Waals surface area contributed by atoms with Gasteiger partial charge in [0.2, 0.25) is 5.91 Å².